The molecule has 25 heavy (non-hydrogen) atoms. The topological polar surface area (TPSA) is 60.9 Å². The van der Waals surface area contributed by atoms with Crippen molar-refractivity contribution >= 4 is 23.4 Å². The molecule has 3 rings (SSSR count). The van der Waals surface area contributed by atoms with E-state index >= 15 is 0 Å². The van der Waals surface area contributed by atoms with E-state index in [1.807, 2.05) is 23.1 Å². The van der Waals surface area contributed by atoms with Crippen LogP contribution in [0.1, 0.15) is 31.2 Å². The van der Waals surface area contributed by atoms with Crippen LogP contribution in [0.5, 0.6) is 0 Å². The Balaban J connectivity index is 1.66. The fraction of sp³-hybridized carbons (Fsp3) is 0.579. The molecule has 2 saturated heterocycles. The average molecular weight is 365 g/mol. The number of nitrogens with zero attached hydrogens (tertiary/aromatic N) is 2. The number of aliphatic hydroxyl groups excluding tert-OH is 1. The minimum absolute atomic E-state index is 0.0147. The summed E-state index contributed by atoms with van der Waals surface area (Å²) >= 11 is 6.01. The average Bonchev–Trinajstić information content (AvgIpc) is 2.59. The van der Waals surface area contributed by atoms with Crippen LogP contribution in [0.4, 0.5) is 0 Å². The van der Waals surface area contributed by atoms with Crippen LogP contribution < -0.4 is 0 Å². The quantitative estimate of drug-likeness (QED) is 0.890. The molecule has 1 aromatic carbocycles. The standard InChI is InChI=1S/C19H25ClN2O3/c20-16-4-1-3-15(11-16)12-18(25)21-8-2-6-19(13-21)7-5-17(24)22(14-19)9-10-23/h1,3-4,11,23H,2,5-10,12-14H2/t19-/m0/s1. The number of halogens is 1. The second kappa shape index (κ2) is 7.75. The van der Waals surface area contributed by atoms with E-state index in [4.69, 9.17) is 11.6 Å². The third-order valence-electron chi connectivity index (χ3n) is 5.38. The highest BCUT2D eigenvalue weighted by Crippen LogP contribution is 2.39. The lowest BCUT2D eigenvalue weighted by molar-refractivity contribution is -0.143. The Morgan fingerprint density at radius 2 is 2.12 bits per heavy atom. The van der Waals surface area contributed by atoms with Gasteiger partial charge in [-0.05, 0) is 37.0 Å². The molecule has 2 aliphatic rings. The van der Waals surface area contributed by atoms with Crippen molar-refractivity contribution in [1.82, 2.24) is 9.80 Å². The lowest BCUT2D eigenvalue weighted by Crippen LogP contribution is -2.55. The number of likely N-dealkylation sites (tertiary alicyclic amines) is 2. The number of piperidine rings is 2. The van der Waals surface area contributed by atoms with Crippen molar-refractivity contribution in [2.45, 2.75) is 32.1 Å². The molecular formula is C19H25ClN2O3. The van der Waals surface area contributed by atoms with Crippen molar-refractivity contribution in [1.29, 1.82) is 0 Å². The molecule has 2 fully saturated rings. The number of amides is 2. The zero-order chi connectivity index (χ0) is 17.9. The largest absolute Gasteiger partial charge is 0.395 e. The van der Waals surface area contributed by atoms with Gasteiger partial charge in [0, 0.05) is 43.0 Å². The monoisotopic (exact) mass is 364 g/mol. The zero-order valence-corrected chi connectivity index (χ0v) is 15.2. The molecule has 0 aliphatic carbocycles. The normalized spacial score (nSPS) is 24.0. The van der Waals surface area contributed by atoms with Crippen LogP contribution in [0.15, 0.2) is 24.3 Å². The van der Waals surface area contributed by atoms with E-state index < -0.39 is 0 Å². The van der Waals surface area contributed by atoms with Gasteiger partial charge < -0.3 is 14.9 Å². The molecule has 2 amide bonds. The lowest BCUT2D eigenvalue weighted by atomic mass is 9.73. The van der Waals surface area contributed by atoms with Crippen LogP contribution in [0.3, 0.4) is 0 Å². The second-order valence-corrected chi connectivity index (χ2v) is 7.70. The number of β-amino-alcohol motifs (C(OH)–C–C–N with tert-alkyl or cyclic N) is 1. The van der Waals surface area contributed by atoms with Gasteiger partial charge in [-0.25, -0.2) is 0 Å². The van der Waals surface area contributed by atoms with E-state index in [2.05, 4.69) is 0 Å². The number of carbonyl (C=O) groups is 2. The Bertz CT molecular complexity index is 651. The minimum Gasteiger partial charge on any atom is -0.395 e. The number of rotatable bonds is 4. The Hall–Kier alpha value is -1.59. The molecule has 1 aromatic rings. The highest BCUT2D eigenvalue weighted by Gasteiger charge is 2.42. The molecule has 0 radical (unpaired) electrons. The Labute approximate surface area is 153 Å². The van der Waals surface area contributed by atoms with Crippen LogP contribution >= 0.6 is 11.6 Å². The first-order valence-corrected chi connectivity index (χ1v) is 9.30. The molecule has 0 unspecified atom stereocenters. The third-order valence-corrected chi connectivity index (χ3v) is 5.61. The van der Waals surface area contributed by atoms with Gasteiger partial charge in [0.1, 0.15) is 0 Å². The van der Waals surface area contributed by atoms with Crippen LogP contribution in [-0.2, 0) is 16.0 Å². The molecule has 2 heterocycles. The van der Waals surface area contributed by atoms with Gasteiger partial charge >= 0.3 is 0 Å². The molecule has 136 valence electrons. The Morgan fingerprint density at radius 1 is 1.28 bits per heavy atom. The van der Waals surface area contributed by atoms with Crippen LogP contribution in [-0.4, -0.2) is 59.5 Å². The van der Waals surface area contributed by atoms with Crippen molar-refractivity contribution < 1.29 is 14.7 Å². The summed E-state index contributed by atoms with van der Waals surface area (Å²) in [4.78, 5) is 28.5. The maximum atomic E-state index is 12.7. The SMILES string of the molecule is O=C1CC[C@]2(CCCN(C(=O)Cc3cccc(Cl)c3)C2)CN1CCO. The first-order chi connectivity index (χ1) is 12.0. The van der Waals surface area contributed by atoms with Gasteiger partial charge in [-0.2, -0.15) is 0 Å². The highest BCUT2D eigenvalue weighted by atomic mass is 35.5. The molecule has 0 bridgehead atoms. The van der Waals surface area contributed by atoms with Crippen LogP contribution in [0.2, 0.25) is 5.02 Å². The molecule has 6 heteroatoms. The number of aliphatic hydroxyl groups is 1. The number of benzene rings is 1. The lowest BCUT2D eigenvalue weighted by Gasteiger charge is -2.48. The van der Waals surface area contributed by atoms with Crippen molar-refractivity contribution in [3.05, 3.63) is 34.9 Å². The van der Waals surface area contributed by atoms with Crippen LogP contribution in [0, 0.1) is 5.41 Å². The maximum absolute atomic E-state index is 12.7. The van der Waals surface area contributed by atoms with E-state index in [1.165, 1.54) is 0 Å². The first-order valence-electron chi connectivity index (χ1n) is 8.92. The fourth-order valence-corrected chi connectivity index (χ4v) is 4.33. The van der Waals surface area contributed by atoms with Gasteiger partial charge in [0.15, 0.2) is 0 Å². The number of hydrogen-bond acceptors (Lipinski definition) is 3. The second-order valence-electron chi connectivity index (χ2n) is 7.26. The smallest absolute Gasteiger partial charge is 0.227 e. The van der Waals surface area contributed by atoms with Crippen molar-refractivity contribution in [2.75, 3.05) is 32.8 Å². The Morgan fingerprint density at radius 3 is 2.88 bits per heavy atom. The highest BCUT2D eigenvalue weighted by molar-refractivity contribution is 6.30. The number of carbonyl (C=O) groups excluding carboxylic acids is 2. The fourth-order valence-electron chi connectivity index (χ4n) is 4.11. The Kier molecular flexibility index (Phi) is 5.64. The summed E-state index contributed by atoms with van der Waals surface area (Å²) in [6, 6.07) is 7.43. The summed E-state index contributed by atoms with van der Waals surface area (Å²) in [7, 11) is 0. The van der Waals surface area contributed by atoms with Gasteiger partial charge in [0.05, 0.1) is 13.0 Å². The molecule has 0 saturated carbocycles. The van der Waals surface area contributed by atoms with Gasteiger partial charge in [-0.3, -0.25) is 9.59 Å². The van der Waals surface area contributed by atoms with E-state index in [1.54, 1.807) is 11.0 Å². The van der Waals surface area contributed by atoms with Gasteiger partial charge in [0.25, 0.3) is 0 Å². The van der Waals surface area contributed by atoms with E-state index in [9.17, 15) is 14.7 Å². The summed E-state index contributed by atoms with van der Waals surface area (Å²) in [5.74, 6) is 0.231. The maximum Gasteiger partial charge on any atom is 0.227 e. The van der Waals surface area contributed by atoms with Gasteiger partial charge in [-0.15, -0.1) is 0 Å². The van der Waals surface area contributed by atoms with E-state index in [-0.39, 0.29) is 23.8 Å². The first kappa shape index (κ1) is 18.2. The van der Waals surface area contributed by atoms with E-state index in [0.29, 0.717) is 37.5 Å². The van der Waals surface area contributed by atoms with Gasteiger partial charge in [0.2, 0.25) is 11.8 Å². The predicted octanol–water partition coefficient (Wildman–Crippen LogP) is 2.11. The molecule has 1 atom stereocenters. The molecule has 0 aromatic heterocycles. The molecular weight excluding hydrogens is 340 g/mol. The van der Waals surface area contributed by atoms with Crippen molar-refractivity contribution in [3.8, 4) is 0 Å². The summed E-state index contributed by atoms with van der Waals surface area (Å²) in [6.07, 6.45) is 3.69. The summed E-state index contributed by atoms with van der Waals surface area (Å²) in [5.41, 5.74) is 0.906. The molecule has 2 aliphatic heterocycles. The molecule has 1 N–H and O–H groups in total. The third kappa shape index (κ3) is 4.33. The minimum atomic E-state index is -0.0225. The summed E-state index contributed by atoms with van der Waals surface area (Å²) in [6.45, 7) is 2.49. The van der Waals surface area contributed by atoms with E-state index in [0.717, 1.165) is 31.4 Å². The van der Waals surface area contributed by atoms with Gasteiger partial charge in [-0.1, -0.05) is 23.7 Å². The van der Waals surface area contributed by atoms with Crippen molar-refractivity contribution in [3.63, 3.8) is 0 Å². The van der Waals surface area contributed by atoms with Crippen molar-refractivity contribution in [2.24, 2.45) is 5.41 Å². The summed E-state index contributed by atoms with van der Waals surface area (Å²) < 4.78 is 0. The zero-order valence-electron chi connectivity index (χ0n) is 14.4. The summed E-state index contributed by atoms with van der Waals surface area (Å²) in [5, 5.41) is 9.82. The predicted molar refractivity (Wildman–Crippen MR) is 96.3 cm³/mol. The molecule has 5 nitrogen and oxygen atoms in total. The van der Waals surface area contributed by atoms with Crippen LogP contribution in [0.25, 0.3) is 0 Å². The molecule has 1 spiro atoms. The number of hydrogen-bond donors (Lipinski definition) is 1.